The minimum atomic E-state index is 0. The lowest BCUT2D eigenvalue weighted by Crippen LogP contribution is -2.06. The highest BCUT2D eigenvalue weighted by Crippen LogP contribution is 2.04. The van der Waals surface area contributed by atoms with Crippen molar-refractivity contribution in [3.8, 4) is 5.95 Å². The predicted molar refractivity (Wildman–Crippen MR) is 59.0 cm³/mol. The van der Waals surface area contributed by atoms with Gasteiger partial charge in [-0.3, -0.25) is 4.57 Å². The summed E-state index contributed by atoms with van der Waals surface area (Å²) in [6.45, 7) is 2.34. The summed E-state index contributed by atoms with van der Waals surface area (Å²) in [7, 11) is 0. The molecule has 2 aromatic heterocycles. The highest BCUT2D eigenvalue weighted by molar-refractivity contribution is 5.85. The summed E-state index contributed by atoms with van der Waals surface area (Å²) in [5, 5.41) is 0. The van der Waals surface area contributed by atoms with Crippen molar-refractivity contribution in [2.24, 2.45) is 5.73 Å². The molecule has 2 heterocycles. The molecule has 5 nitrogen and oxygen atoms in total. The normalized spacial score (nSPS) is 9.73. The Bertz CT molecular complexity index is 426. The Kier molecular flexibility index (Phi) is 3.76. The Hall–Kier alpha value is -1.46. The standard InChI is InChI=1S/C9H11N5.ClH/c1-7-4-8(5-10)13-9(12-7)14-3-2-11-6-14;/h2-4,6H,5,10H2,1H3;1H. The second-order valence-electron chi connectivity index (χ2n) is 2.97. The lowest BCUT2D eigenvalue weighted by molar-refractivity contribution is 0.862. The molecule has 0 fully saturated rings. The van der Waals surface area contributed by atoms with Gasteiger partial charge in [0, 0.05) is 24.6 Å². The van der Waals surface area contributed by atoms with E-state index in [4.69, 9.17) is 5.73 Å². The summed E-state index contributed by atoms with van der Waals surface area (Å²) in [4.78, 5) is 12.5. The number of rotatable bonds is 2. The first kappa shape index (κ1) is 11.6. The van der Waals surface area contributed by atoms with Crippen LogP contribution in [0.5, 0.6) is 0 Å². The van der Waals surface area contributed by atoms with Crippen LogP contribution in [0.3, 0.4) is 0 Å². The molecule has 0 radical (unpaired) electrons. The first-order chi connectivity index (χ1) is 6.79. The van der Waals surface area contributed by atoms with E-state index in [0.717, 1.165) is 11.4 Å². The fourth-order valence-corrected chi connectivity index (χ4v) is 1.21. The fraction of sp³-hybridized carbons (Fsp3) is 0.222. The molecule has 0 bridgehead atoms. The van der Waals surface area contributed by atoms with Crippen LogP contribution in [0.4, 0.5) is 0 Å². The number of aromatic nitrogens is 4. The van der Waals surface area contributed by atoms with Gasteiger partial charge in [0.05, 0.1) is 5.69 Å². The molecule has 2 rings (SSSR count). The van der Waals surface area contributed by atoms with Gasteiger partial charge in [-0.2, -0.15) is 0 Å². The van der Waals surface area contributed by atoms with Crippen LogP contribution in [0.15, 0.2) is 24.8 Å². The van der Waals surface area contributed by atoms with E-state index in [9.17, 15) is 0 Å². The second kappa shape index (κ2) is 4.86. The summed E-state index contributed by atoms with van der Waals surface area (Å²) in [5.41, 5.74) is 7.27. The molecular weight excluding hydrogens is 214 g/mol. The maximum atomic E-state index is 5.53. The summed E-state index contributed by atoms with van der Waals surface area (Å²) in [6.07, 6.45) is 5.15. The molecular formula is C9H12ClN5. The van der Waals surface area contributed by atoms with Gasteiger partial charge in [-0.1, -0.05) is 0 Å². The fourth-order valence-electron chi connectivity index (χ4n) is 1.21. The van der Waals surface area contributed by atoms with E-state index in [1.807, 2.05) is 13.0 Å². The predicted octanol–water partition coefficient (Wildman–Crippen LogP) is 0.851. The van der Waals surface area contributed by atoms with Gasteiger partial charge in [0.15, 0.2) is 0 Å². The number of hydrogen-bond donors (Lipinski definition) is 1. The average molecular weight is 226 g/mol. The first-order valence-electron chi connectivity index (χ1n) is 4.32. The van der Waals surface area contributed by atoms with E-state index < -0.39 is 0 Å². The quantitative estimate of drug-likeness (QED) is 0.823. The van der Waals surface area contributed by atoms with Crippen molar-refractivity contribution in [1.29, 1.82) is 0 Å². The van der Waals surface area contributed by atoms with E-state index in [-0.39, 0.29) is 12.4 Å². The van der Waals surface area contributed by atoms with E-state index in [1.54, 1.807) is 23.3 Å². The molecule has 2 aromatic rings. The Morgan fingerprint density at radius 1 is 1.40 bits per heavy atom. The van der Waals surface area contributed by atoms with Gasteiger partial charge >= 0.3 is 0 Å². The molecule has 0 saturated carbocycles. The third-order valence-electron chi connectivity index (χ3n) is 1.84. The summed E-state index contributed by atoms with van der Waals surface area (Å²) in [6, 6.07) is 1.88. The number of imidazole rings is 1. The molecule has 0 unspecified atom stereocenters. The monoisotopic (exact) mass is 225 g/mol. The zero-order valence-corrected chi connectivity index (χ0v) is 9.11. The minimum absolute atomic E-state index is 0. The van der Waals surface area contributed by atoms with Crippen LogP contribution >= 0.6 is 12.4 Å². The molecule has 0 aliphatic heterocycles. The molecule has 15 heavy (non-hydrogen) atoms. The van der Waals surface area contributed by atoms with Crippen molar-refractivity contribution in [2.75, 3.05) is 0 Å². The van der Waals surface area contributed by atoms with Gasteiger partial charge in [-0.15, -0.1) is 12.4 Å². The van der Waals surface area contributed by atoms with Crippen molar-refractivity contribution in [3.05, 3.63) is 36.2 Å². The van der Waals surface area contributed by atoms with Crippen LogP contribution in [-0.2, 0) is 6.54 Å². The molecule has 0 aromatic carbocycles. The number of aryl methyl sites for hydroxylation is 1. The van der Waals surface area contributed by atoms with Gasteiger partial charge in [0.2, 0.25) is 5.95 Å². The van der Waals surface area contributed by atoms with E-state index in [0.29, 0.717) is 12.5 Å². The van der Waals surface area contributed by atoms with Crippen LogP contribution in [0, 0.1) is 6.92 Å². The molecule has 0 atom stereocenters. The largest absolute Gasteiger partial charge is 0.325 e. The zero-order valence-electron chi connectivity index (χ0n) is 8.29. The molecule has 0 aliphatic carbocycles. The van der Waals surface area contributed by atoms with Crippen molar-refractivity contribution in [1.82, 2.24) is 19.5 Å². The SMILES string of the molecule is Cc1cc(CN)nc(-n2ccnc2)n1.Cl. The number of nitrogens with zero attached hydrogens (tertiary/aromatic N) is 4. The Labute approximate surface area is 93.8 Å². The summed E-state index contributed by atoms with van der Waals surface area (Å²) < 4.78 is 1.76. The van der Waals surface area contributed by atoms with Crippen molar-refractivity contribution >= 4 is 12.4 Å². The topological polar surface area (TPSA) is 69.6 Å². The van der Waals surface area contributed by atoms with Gasteiger partial charge < -0.3 is 5.73 Å². The first-order valence-corrected chi connectivity index (χ1v) is 4.32. The Morgan fingerprint density at radius 2 is 2.20 bits per heavy atom. The highest BCUT2D eigenvalue weighted by atomic mass is 35.5. The Morgan fingerprint density at radius 3 is 2.80 bits per heavy atom. The summed E-state index contributed by atoms with van der Waals surface area (Å²) in [5.74, 6) is 0.614. The molecule has 0 aliphatic rings. The number of halogens is 1. The smallest absolute Gasteiger partial charge is 0.235 e. The Balaban J connectivity index is 0.00000112. The molecule has 6 heteroatoms. The third-order valence-corrected chi connectivity index (χ3v) is 1.84. The van der Waals surface area contributed by atoms with Crippen LogP contribution < -0.4 is 5.73 Å². The molecule has 0 spiro atoms. The van der Waals surface area contributed by atoms with Crippen LogP contribution in [0.2, 0.25) is 0 Å². The van der Waals surface area contributed by atoms with E-state index in [1.165, 1.54) is 0 Å². The van der Waals surface area contributed by atoms with Gasteiger partial charge in [-0.25, -0.2) is 15.0 Å². The second-order valence-corrected chi connectivity index (χ2v) is 2.97. The van der Waals surface area contributed by atoms with Crippen LogP contribution in [0.25, 0.3) is 5.95 Å². The molecule has 0 saturated heterocycles. The highest BCUT2D eigenvalue weighted by Gasteiger charge is 2.02. The number of nitrogens with two attached hydrogens (primary N) is 1. The minimum Gasteiger partial charge on any atom is -0.325 e. The zero-order chi connectivity index (χ0) is 9.97. The lowest BCUT2D eigenvalue weighted by atomic mass is 10.3. The molecule has 0 amide bonds. The molecule has 80 valence electrons. The lowest BCUT2D eigenvalue weighted by Gasteiger charge is -2.03. The number of hydrogen-bond acceptors (Lipinski definition) is 4. The van der Waals surface area contributed by atoms with E-state index >= 15 is 0 Å². The van der Waals surface area contributed by atoms with Gasteiger partial charge in [-0.05, 0) is 13.0 Å². The maximum Gasteiger partial charge on any atom is 0.235 e. The van der Waals surface area contributed by atoms with Crippen LogP contribution in [0.1, 0.15) is 11.4 Å². The van der Waals surface area contributed by atoms with E-state index in [2.05, 4.69) is 15.0 Å². The third kappa shape index (κ3) is 2.51. The van der Waals surface area contributed by atoms with Crippen molar-refractivity contribution in [2.45, 2.75) is 13.5 Å². The maximum absolute atomic E-state index is 5.53. The van der Waals surface area contributed by atoms with Gasteiger partial charge in [0.25, 0.3) is 0 Å². The van der Waals surface area contributed by atoms with Crippen molar-refractivity contribution < 1.29 is 0 Å². The van der Waals surface area contributed by atoms with Crippen molar-refractivity contribution in [3.63, 3.8) is 0 Å². The van der Waals surface area contributed by atoms with Crippen LogP contribution in [-0.4, -0.2) is 19.5 Å². The molecule has 2 N–H and O–H groups in total. The summed E-state index contributed by atoms with van der Waals surface area (Å²) >= 11 is 0. The van der Waals surface area contributed by atoms with Gasteiger partial charge in [0.1, 0.15) is 6.33 Å². The average Bonchev–Trinajstić information content (AvgIpc) is 2.69.